The Labute approximate surface area is 119 Å². The molecule has 0 unspecified atom stereocenters. The lowest BCUT2D eigenvalue weighted by atomic mass is 10.2. The molecule has 96 valence electrons. The fourth-order valence-corrected chi connectivity index (χ4v) is 2.98. The molecule has 2 aromatic carbocycles. The Kier molecular flexibility index (Phi) is 3.40. The molecule has 4 heteroatoms. The van der Waals surface area contributed by atoms with E-state index in [4.69, 9.17) is 16.3 Å². The van der Waals surface area contributed by atoms with Gasteiger partial charge in [0, 0.05) is 26.7 Å². The van der Waals surface area contributed by atoms with E-state index in [-0.39, 0.29) is 5.82 Å². The zero-order valence-electron chi connectivity index (χ0n) is 9.90. The predicted octanol–water partition coefficient (Wildman–Crippen LogP) is 5.27. The van der Waals surface area contributed by atoms with Gasteiger partial charge in [0.1, 0.15) is 18.2 Å². The van der Waals surface area contributed by atoms with Crippen molar-refractivity contribution in [2.75, 3.05) is 0 Å². The third-order valence-electron chi connectivity index (χ3n) is 2.81. The fourth-order valence-electron chi connectivity index (χ4n) is 1.88. The normalized spacial score (nSPS) is 10.8. The molecule has 19 heavy (non-hydrogen) atoms. The van der Waals surface area contributed by atoms with Gasteiger partial charge in [0.05, 0.1) is 0 Å². The highest BCUT2D eigenvalue weighted by Crippen LogP contribution is 2.29. The molecule has 1 nitrogen and oxygen atoms in total. The Hall–Kier alpha value is -1.58. The van der Waals surface area contributed by atoms with Crippen LogP contribution in [0, 0.1) is 5.82 Å². The summed E-state index contributed by atoms with van der Waals surface area (Å²) in [6.45, 7) is 0.407. The molecule has 0 saturated heterocycles. The topological polar surface area (TPSA) is 9.23 Å². The molecule has 0 atom stereocenters. The molecule has 0 spiro atoms. The fraction of sp³-hybridized carbons (Fsp3) is 0.0667. The van der Waals surface area contributed by atoms with Crippen molar-refractivity contribution < 1.29 is 9.13 Å². The van der Waals surface area contributed by atoms with Crippen LogP contribution >= 0.6 is 22.9 Å². The molecule has 1 heterocycles. The average molecular weight is 293 g/mol. The SMILES string of the molecule is Fc1cccc(OCc2csc3ccc(Cl)cc23)c1. The maximum atomic E-state index is 13.0. The maximum absolute atomic E-state index is 13.0. The van der Waals surface area contributed by atoms with Gasteiger partial charge in [0.2, 0.25) is 0 Å². The summed E-state index contributed by atoms with van der Waals surface area (Å²) >= 11 is 7.65. The molecule has 0 saturated carbocycles. The summed E-state index contributed by atoms with van der Waals surface area (Å²) < 4.78 is 19.8. The lowest BCUT2D eigenvalue weighted by Crippen LogP contribution is -1.94. The minimum absolute atomic E-state index is 0.296. The van der Waals surface area contributed by atoms with E-state index in [1.54, 1.807) is 23.5 Å². The van der Waals surface area contributed by atoms with E-state index in [0.29, 0.717) is 17.4 Å². The van der Waals surface area contributed by atoms with Gasteiger partial charge >= 0.3 is 0 Å². The number of ether oxygens (including phenoxy) is 1. The van der Waals surface area contributed by atoms with Gasteiger partial charge in [-0.1, -0.05) is 17.7 Å². The van der Waals surface area contributed by atoms with Gasteiger partial charge in [-0.05, 0) is 35.7 Å². The van der Waals surface area contributed by atoms with Crippen LogP contribution in [0.3, 0.4) is 0 Å². The number of benzene rings is 2. The Morgan fingerprint density at radius 2 is 2.05 bits per heavy atom. The first kappa shape index (κ1) is 12.5. The molecule has 0 bridgehead atoms. The standard InChI is InChI=1S/C15H10ClFOS/c16-11-4-5-15-14(6-11)10(9-19-15)8-18-13-3-1-2-12(17)7-13/h1-7,9H,8H2. The van der Waals surface area contributed by atoms with E-state index >= 15 is 0 Å². The number of hydrogen-bond donors (Lipinski definition) is 0. The molecule has 0 aliphatic carbocycles. The lowest BCUT2D eigenvalue weighted by Gasteiger charge is -2.05. The van der Waals surface area contributed by atoms with Crippen LogP contribution in [-0.2, 0) is 6.61 Å². The third kappa shape index (κ3) is 2.72. The van der Waals surface area contributed by atoms with Crippen LogP contribution in [0.15, 0.2) is 47.8 Å². The van der Waals surface area contributed by atoms with E-state index in [2.05, 4.69) is 0 Å². The molecule has 0 aliphatic rings. The highest BCUT2D eigenvalue weighted by molar-refractivity contribution is 7.17. The van der Waals surface area contributed by atoms with Crippen LogP contribution in [-0.4, -0.2) is 0 Å². The largest absolute Gasteiger partial charge is 0.489 e. The molecule has 0 fully saturated rings. The second-order valence-electron chi connectivity index (χ2n) is 4.15. The van der Waals surface area contributed by atoms with Gasteiger partial charge < -0.3 is 4.74 Å². The van der Waals surface area contributed by atoms with Crippen molar-refractivity contribution in [1.82, 2.24) is 0 Å². The van der Waals surface area contributed by atoms with E-state index in [0.717, 1.165) is 10.9 Å². The first-order valence-corrected chi connectivity index (χ1v) is 7.02. The number of hydrogen-bond acceptors (Lipinski definition) is 2. The minimum atomic E-state index is -0.296. The van der Waals surface area contributed by atoms with Crippen molar-refractivity contribution in [3.8, 4) is 5.75 Å². The van der Waals surface area contributed by atoms with Gasteiger partial charge in [-0.15, -0.1) is 11.3 Å². The summed E-state index contributed by atoms with van der Waals surface area (Å²) in [7, 11) is 0. The van der Waals surface area contributed by atoms with Crippen molar-refractivity contribution >= 4 is 33.0 Å². The van der Waals surface area contributed by atoms with Crippen molar-refractivity contribution in [3.05, 3.63) is 64.2 Å². The maximum Gasteiger partial charge on any atom is 0.126 e. The Bertz CT molecular complexity index is 723. The number of rotatable bonds is 3. The van der Waals surface area contributed by atoms with Crippen LogP contribution < -0.4 is 4.74 Å². The molecular weight excluding hydrogens is 283 g/mol. The Morgan fingerprint density at radius 1 is 1.16 bits per heavy atom. The quantitative estimate of drug-likeness (QED) is 0.639. The summed E-state index contributed by atoms with van der Waals surface area (Å²) in [5.74, 6) is 0.233. The molecular formula is C15H10ClFOS. The van der Waals surface area contributed by atoms with Crippen molar-refractivity contribution in [1.29, 1.82) is 0 Å². The minimum Gasteiger partial charge on any atom is -0.489 e. The number of thiophene rings is 1. The molecule has 3 aromatic rings. The van der Waals surface area contributed by atoms with Crippen molar-refractivity contribution in [2.45, 2.75) is 6.61 Å². The van der Waals surface area contributed by atoms with E-state index < -0.39 is 0 Å². The number of halogens is 2. The Morgan fingerprint density at radius 3 is 2.89 bits per heavy atom. The second kappa shape index (κ2) is 5.19. The van der Waals surface area contributed by atoms with Crippen molar-refractivity contribution in [3.63, 3.8) is 0 Å². The first-order chi connectivity index (χ1) is 9.22. The van der Waals surface area contributed by atoms with E-state index in [1.807, 2.05) is 23.6 Å². The molecule has 0 N–H and O–H groups in total. The van der Waals surface area contributed by atoms with Gasteiger partial charge in [-0.25, -0.2) is 4.39 Å². The summed E-state index contributed by atoms with van der Waals surface area (Å²) in [6.07, 6.45) is 0. The second-order valence-corrected chi connectivity index (χ2v) is 5.50. The van der Waals surface area contributed by atoms with Crippen LogP contribution in [0.5, 0.6) is 5.75 Å². The molecule has 1 aromatic heterocycles. The highest BCUT2D eigenvalue weighted by Gasteiger charge is 2.06. The van der Waals surface area contributed by atoms with Crippen LogP contribution in [0.25, 0.3) is 10.1 Å². The summed E-state index contributed by atoms with van der Waals surface area (Å²) in [6, 6.07) is 11.9. The summed E-state index contributed by atoms with van der Waals surface area (Å²) in [5.41, 5.74) is 1.06. The third-order valence-corrected chi connectivity index (χ3v) is 4.05. The predicted molar refractivity (Wildman–Crippen MR) is 77.6 cm³/mol. The van der Waals surface area contributed by atoms with Gasteiger partial charge in [-0.2, -0.15) is 0 Å². The monoisotopic (exact) mass is 292 g/mol. The zero-order chi connectivity index (χ0) is 13.2. The molecule has 3 rings (SSSR count). The zero-order valence-corrected chi connectivity index (χ0v) is 11.5. The van der Waals surface area contributed by atoms with Gasteiger partial charge in [0.25, 0.3) is 0 Å². The van der Waals surface area contributed by atoms with Crippen LogP contribution in [0.4, 0.5) is 4.39 Å². The van der Waals surface area contributed by atoms with Crippen molar-refractivity contribution in [2.24, 2.45) is 0 Å². The van der Waals surface area contributed by atoms with Crippen LogP contribution in [0.2, 0.25) is 5.02 Å². The van der Waals surface area contributed by atoms with Gasteiger partial charge in [0.15, 0.2) is 0 Å². The van der Waals surface area contributed by atoms with Gasteiger partial charge in [-0.3, -0.25) is 0 Å². The lowest BCUT2D eigenvalue weighted by molar-refractivity contribution is 0.306. The smallest absolute Gasteiger partial charge is 0.126 e. The Balaban J connectivity index is 1.84. The first-order valence-electron chi connectivity index (χ1n) is 5.76. The molecule has 0 radical (unpaired) electrons. The molecule has 0 aliphatic heterocycles. The number of fused-ring (bicyclic) bond motifs is 1. The van der Waals surface area contributed by atoms with E-state index in [1.165, 1.54) is 16.8 Å². The summed E-state index contributed by atoms with van der Waals surface area (Å²) in [4.78, 5) is 0. The average Bonchev–Trinajstić information content (AvgIpc) is 2.79. The highest BCUT2D eigenvalue weighted by atomic mass is 35.5. The molecule has 0 amide bonds. The van der Waals surface area contributed by atoms with Crippen LogP contribution in [0.1, 0.15) is 5.56 Å². The van der Waals surface area contributed by atoms with E-state index in [9.17, 15) is 4.39 Å². The summed E-state index contributed by atoms with van der Waals surface area (Å²) in [5, 5.41) is 3.84.